The highest BCUT2D eigenvalue weighted by atomic mass is 16.5. The smallest absolute Gasteiger partial charge is 0.142 e. The minimum absolute atomic E-state index is 0.0315. The van der Waals surface area contributed by atoms with Crippen molar-refractivity contribution in [2.24, 2.45) is 0 Å². The molecule has 2 aromatic carbocycles. The van der Waals surface area contributed by atoms with Crippen molar-refractivity contribution in [3.8, 4) is 17.2 Å². The molecule has 4 nitrogen and oxygen atoms in total. The maximum absolute atomic E-state index is 10.9. The van der Waals surface area contributed by atoms with Crippen LogP contribution in [0.1, 0.15) is 52.7 Å². The maximum Gasteiger partial charge on any atom is 0.142 e. The number of hydrogen-bond acceptors (Lipinski definition) is 4. The van der Waals surface area contributed by atoms with Gasteiger partial charge in [-0.15, -0.1) is 0 Å². The molecule has 0 saturated heterocycles. The van der Waals surface area contributed by atoms with Crippen LogP contribution >= 0.6 is 0 Å². The molecule has 0 aliphatic heterocycles. The van der Waals surface area contributed by atoms with E-state index in [-0.39, 0.29) is 16.6 Å². The predicted octanol–water partition coefficient (Wildman–Crippen LogP) is 5.75. The van der Waals surface area contributed by atoms with Gasteiger partial charge in [0.15, 0.2) is 0 Å². The number of anilines is 2. The fraction of sp³-hybridized carbons (Fsp3) is 0.455. The Morgan fingerprint density at radius 1 is 0.769 bits per heavy atom. The van der Waals surface area contributed by atoms with Crippen LogP contribution in [0.15, 0.2) is 30.3 Å². The fourth-order valence-corrected chi connectivity index (χ4v) is 2.77. The minimum atomic E-state index is -0.173. The molecule has 2 rings (SSSR count). The minimum Gasteiger partial charge on any atom is -0.505 e. The molecule has 142 valence electrons. The van der Waals surface area contributed by atoms with Crippen LogP contribution in [0.25, 0.3) is 0 Å². The largest absolute Gasteiger partial charge is 0.505 e. The lowest BCUT2D eigenvalue weighted by molar-refractivity contribution is 0.394. The van der Waals surface area contributed by atoms with E-state index in [2.05, 4.69) is 52.9 Å². The van der Waals surface area contributed by atoms with Gasteiger partial charge < -0.3 is 19.9 Å². The second kappa shape index (κ2) is 7.10. The number of ether oxygens (including phenoxy) is 2. The van der Waals surface area contributed by atoms with Crippen LogP contribution in [0.5, 0.6) is 17.2 Å². The van der Waals surface area contributed by atoms with E-state index >= 15 is 0 Å². The van der Waals surface area contributed by atoms with Gasteiger partial charge in [-0.2, -0.15) is 0 Å². The van der Waals surface area contributed by atoms with Crippen LogP contribution in [0.4, 0.5) is 11.4 Å². The first kappa shape index (κ1) is 20.0. The molecule has 0 radical (unpaired) electrons. The van der Waals surface area contributed by atoms with E-state index in [9.17, 15) is 5.11 Å². The van der Waals surface area contributed by atoms with Crippen molar-refractivity contribution < 1.29 is 14.6 Å². The molecule has 0 atom stereocenters. The molecular formula is C22H31NO3. The van der Waals surface area contributed by atoms with Gasteiger partial charge in [-0.1, -0.05) is 47.6 Å². The molecule has 0 fully saturated rings. The monoisotopic (exact) mass is 357 g/mol. The summed E-state index contributed by atoms with van der Waals surface area (Å²) in [7, 11) is 3.24. The molecule has 2 aromatic rings. The van der Waals surface area contributed by atoms with E-state index in [1.165, 1.54) is 0 Å². The second-order valence-corrected chi connectivity index (χ2v) is 8.65. The lowest BCUT2D eigenvalue weighted by Gasteiger charge is -2.28. The summed E-state index contributed by atoms with van der Waals surface area (Å²) < 4.78 is 10.7. The second-order valence-electron chi connectivity index (χ2n) is 8.65. The molecule has 0 saturated carbocycles. The van der Waals surface area contributed by atoms with Crippen LogP contribution in [0.2, 0.25) is 0 Å². The normalized spacial score (nSPS) is 12.0. The maximum atomic E-state index is 10.9. The molecule has 2 N–H and O–H groups in total. The number of aromatic hydroxyl groups is 1. The van der Waals surface area contributed by atoms with Crippen molar-refractivity contribution in [3.63, 3.8) is 0 Å². The summed E-state index contributed by atoms with van der Waals surface area (Å²) in [6.45, 7) is 12.8. The van der Waals surface area contributed by atoms with Crippen LogP contribution in [0, 0.1) is 0 Å². The first-order chi connectivity index (χ1) is 12.0. The topological polar surface area (TPSA) is 50.7 Å². The first-order valence-corrected chi connectivity index (χ1v) is 8.84. The Morgan fingerprint density at radius 3 is 1.73 bits per heavy atom. The molecule has 0 heterocycles. The zero-order valence-electron chi connectivity index (χ0n) is 17.2. The number of nitrogens with one attached hydrogen (secondary N) is 1. The number of hydrogen-bond donors (Lipinski definition) is 2. The Kier molecular flexibility index (Phi) is 5.45. The van der Waals surface area contributed by atoms with Crippen molar-refractivity contribution in [2.75, 3.05) is 19.5 Å². The molecule has 0 amide bonds. The average molecular weight is 357 g/mol. The van der Waals surface area contributed by atoms with Crippen molar-refractivity contribution in [2.45, 2.75) is 52.4 Å². The van der Waals surface area contributed by atoms with Crippen molar-refractivity contribution in [3.05, 3.63) is 41.5 Å². The van der Waals surface area contributed by atoms with Gasteiger partial charge >= 0.3 is 0 Å². The molecular weight excluding hydrogens is 326 g/mol. The Labute approximate surface area is 157 Å². The lowest BCUT2D eigenvalue weighted by atomic mass is 9.79. The summed E-state index contributed by atoms with van der Waals surface area (Å²) in [5.41, 5.74) is 3.35. The van der Waals surface area contributed by atoms with E-state index in [1.807, 2.05) is 24.3 Å². The zero-order valence-corrected chi connectivity index (χ0v) is 17.2. The first-order valence-electron chi connectivity index (χ1n) is 8.84. The highest BCUT2D eigenvalue weighted by Crippen LogP contribution is 2.41. The van der Waals surface area contributed by atoms with Gasteiger partial charge in [-0.3, -0.25) is 0 Å². The van der Waals surface area contributed by atoms with Gasteiger partial charge in [0.05, 0.1) is 19.9 Å². The van der Waals surface area contributed by atoms with E-state index in [0.717, 1.165) is 16.8 Å². The summed E-state index contributed by atoms with van der Waals surface area (Å²) in [4.78, 5) is 0. The van der Waals surface area contributed by atoms with Crippen molar-refractivity contribution in [1.29, 1.82) is 0 Å². The van der Waals surface area contributed by atoms with E-state index in [4.69, 9.17) is 9.47 Å². The Hall–Kier alpha value is -2.36. The highest BCUT2D eigenvalue weighted by molar-refractivity contribution is 5.71. The van der Waals surface area contributed by atoms with Crippen molar-refractivity contribution in [1.82, 2.24) is 0 Å². The molecule has 0 aliphatic carbocycles. The molecule has 0 aliphatic rings. The quantitative estimate of drug-likeness (QED) is 0.684. The lowest BCUT2D eigenvalue weighted by Crippen LogP contribution is -2.17. The Bertz CT molecular complexity index is 761. The summed E-state index contributed by atoms with van der Waals surface area (Å²) >= 11 is 0. The predicted molar refractivity (Wildman–Crippen MR) is 108 cm³/mol. The molecule has 0 bridgehead atoms. The SMILES string of the molecule is COc1cc(Nc2cc(C(C)(C)C)cc(C(C)(C)C)c2O)cc(OC)c1. The van der Waals surface area contributed by atoms with Crippen LogP contribution < -0.4 is 14.8 Å². The zero-order chi connectivity index (χ0) is 19.7. The van der Waals surface area contributed by atoms with Crippen molar-refractivity contribution >= 4 is 11.4 Å². The standard InChI is InChI=1S/C22H31NO3/c1-21(2,3)14-9-18(22(4,5)6)20(24)19(10-14)23-15-11-16(25-7)13-17(12-15)26-8/h9-13,23-24H,1-8H3. The third kappa shape index (κ3) is 4.43. The van der Waals surface area contributed by atoms with Gasteiger partial charge in [-0.05, 0) is 22.5 Å². The molecule has 0 unspecified atom stereocenters. The van der Waals surface area contributed by atoms with Gasteiger partial charge in [0.1, 0.15) is 17.2 Å². The van der Waals surface area contributed by atoms with E-state index < -0.39 is 0 Å². The summed E-state index contributed by atoms with van der Waals surface area (Å²) in [6.07, 6.45) is 0. The third-order valence-electron chi connectivity index (χ3n) is 4.41. The molecule has 0 spiro atoms. The van der Waals surface area contributed by atoms with Gasteiger partial charge in [0.2, 0.25) is 0 Å². The summed E-state index contributed by atoms with van der Waals surface area (Å²) in [5, 5.41) is 14.2. The number of benzene rings is 2. The Balaban J connectivity index is 2.59. The van der Waals surface area contributed by atoms with Crippen LogP contribution in [-0.2, 0) is 10.8 Å². The Morgan fingerprint density at radius 2 is 1.31 bits per heavy atom. The van der Waals surface area contributed by atoms with Crippen LogP contribution in [-0.4, -0.2) is 19.3 Å². The fourth-order valence-electron chi connectivity index (χ4n) is 2.77. The van der Waals surface area contributed by atoms with E-state index in [1.54, 1.807) is 14.2 Å². The molecule has 26 heavy (non-hydrogen) atoms. The number of phenols is 1. The van der Waals surface area contributed by atoms with Gasteiger partial charge in [0.25, 0.3) is 0 Å². The summed E-state index contributed by atoms with van der Waals surface area (Å²) in [5.74, 6) is 1.65. The highest BCUT2D eigenvalue weighted by Gasteiger charge is 2.25. The number of methoxy groups -OCH3 is 2. The van der Waals surface area contributed by atoms with Crippen LogP contribution in [0.3, 0.4) is 0 Å². The average Bonchev–Trinajstić information content (AvgIpc) is 2.54. The third-order valence-corrected chi connectivity index (χ3v) is 4.41. The van der Waals surface area contributed by atoms with Gasteiger partial charge in [0, 0.05) is 29.4 Å². The number of rotatable bonds is 4. The molecule has 4 heteroatoms. The van der Waals surface area contributed by atoms with Gasteiger partial charge in [-0.25, -0.2) is 0 Å². The number of phenolic OH excluding ortho intramolecular Hbond substituents is 1. The van der Waals surface area contributed by atoms with E-state index in [0.29, 0.717) is 17.2 Å². The summed E-state index contributed by atoms with van der Waals surface area (Å²) in [6, 6.07) is 9.69. The molecule has 0 aromatic heterocycles.